The maximum absolute atomic E-state index is 11.1. The zero-order chi connectivity index (χ0) is 10.6. The summed E-state index contributed by atoms with van der Waals surface area (Å²) in [5.74, 6) is 1.20. The van der Waals surface area contributed by atoms with Gasteiger partial charge in [-0.25, -0.2) is 4.79 Å². The second-order valence-corrected chi connectivity index (χ2v) is 2.99. The van der Waals surface area contributed by atoms with Crippen molar-refractivity contribution in [2.45, 2.75) is 20.8 Å². The fraction of sp³-hybridized carbons (Fsp3) is 0.364. The van der Waals surface area contributed by atoms with E-state index in [1.165, 1.54) is 6.08 Å². The van der Waals surface area contributed by atoms with E-state index in [-0.39, 0.29) is 5.97 Å². The Balaban J connectivity index is 2.74. The first-order chi connectivity index (χ1) is 6.63. The molecule has 0 aliphatic carbocycles. The van der Waals surface area contributed by atoms with Gasteiger partial charge in [0.05, 0.1) is 6.61 Å². The smallest absolute Gasteiger partial charge is 0.331 e. The monoisotopic (exact) mass is 194 g/mol. The normalized spacial score (nSPS) is 11.5. The van der Waals surface area contributed by atoms with Crippen LogP contribution in [0.4, 0.5) is 0 Å². The summed E-state index contributed by atoms with van der Waals surface area (Å²) >= 11 is 0. The predicted molar refractivity (Wildman–Crippen MR) is 53.7 cm³/mol. The van der Waals surface area contributed by atoms with Gasteiger partial charge in [0.1, 0.15) is 11.5 Å². The van der Waals surface area contributed by atoms with Crippen LogP contribution in [0.15, 0.2) is 22.6 Å². The number of hydrogen-bond acceptors (Lipinski definition) is 3. The molecule has 0 saturated heterocycles. The summed E-state index contributed by atoms with van der Waals surface area (Å²) in [6.45, 7) is 5.84. The SMILES string of the molecule is CCOC(=O)C=C(C)c1ccc(C)o1. The van der Waals surface area contributed by atoms with Crippen molar-refractivity contribution in [2.75, 3.05) is 6.61 Å². The summed E-state index contributed by atoms with van der Waals surface area (Å²) in [7, 11) is 0. The molecule has 14 heavy (non-hydrogen) atoms. The van der Waals surface area contributed by atoms with Crippen molar-refractivity contribution >= 4 is 11.5 Å². The Morgan fingerprint density at radius 2 is 2.29 bits per heavy atom. The van der Waals surface area contributed by atoms with Gasteiger partial charge in [0.15, 0.2) is 0 Å². The average molecular weight is 194 g/mol. The molecule has 0 atom stereocenters. The first-order valence-electron chi connectivity index (χ1n) is 4.55. The van der Waals surface area contributed by atoms with Gasteiger partial charge in [0.2, 0.25) is 0 Å². The van der Waals surface area contributed by atoms with Crippen molar-refractivity contribution in [1.82, 2.24) is 0 Å². The predicted octanol–water partition coefficient (Wildman–Crippen LogP) is 2.55. The van der Waals surface area contributed by atoms with Crippen molar-refractivity contribution in [3.8, 4) is 0 Å². The van der Waals surface area contributed by atoms with Crippen molar-refractivity contribution < 1.29 is 13.9 Å². The highest BCUT2D eigenvalue weighted by molar-refractivity contribution is 5.90. The lowest BCUT2D eigenvalue weighted by molar-refractivity contribution is -0.137. The summed E-state index contributed by atoms with van der Waals surface area (Å²) in [5.41, 5.74) is 0.775. The topological polar surface area (TPSA) is 39.4 Å². The molecule has 0 fully saturated rings. The third kappa shape index (κ3) is 2.76. The van der Waals surface area contributed by atoms with Crippen LogP contribution in [-0.2, 0) is 9.53 Å². The third-order valence-corrected chi connectivity index (χ3v) is 1.75. The lowest BCUT2D eigenvalue weighted by Gasteiger charge is -1.97. The molecular weight excluding hydrogens is 180 g/mol. The minimum atomic E-state index is -0.334. The van der Waals surface area contributed by atoms with Crippen LogP contribution in [0.2, 0.25) is 0 Å². The Hall–Kier alpha value is -1.51. The Morgan fingerprint density at radius 3 is 2.79 bits per heavy atom. The molecule has 0 radical (unpaired) electrons. The largest absolute Gasteiger partial charge is 0.463 e. The maximum Gasteiger partial charge on any atom is 0.331 e. The Morgan fingerprint density at radius 1 is 1.57 bits per heavy atom. The molecular formula is C11H14O3. The van der Waals surface area contributed by atoms with Gasteiger partial charge in [0.25, 0.3) is 0 Å². The number of hydrogen-bond donors (Lipinski definition) is 0. The molecule has 1 aromatic rings. The van der Waals surface area contributed by atoms with Crippen LogP contribution >= 0.6 is 0 Å². The molecule has 0 N–H and O–H groups in total. The molecule has 0 saturated carbocycles. The molecule has 0 aromatic carbocycles. The van der Waals surface area contributed by atoms with Crippen LogP contribution < -0.4 is 0 Å². The van der Waals surface area contributed by atoms with Crippen LogP contribution in [0.25, 0.3) is 5.57 Å². The first kappa shape index (κ1) is 10.6. The van der Waals surface area contributed by atoms with Crippen LogP contribution in [0.1, 0.15) is 25.4 Å². The van der Waals surface area contributed by atoms with E-state index < -0.39 is 0 Å². The number of allylic oxidation sites excluding steroid dienone is 1. The summed E-state index contributed by atoms with van der Waals surface area (Å²) in [6.07, 6.45) is 1.43. The van der Waals surface area contributed by atoms with Gasteiger partial charge in [0, 0.05) is 6.08 Å². The summed E-state index contributed by atoms with van der Waals surface area (Å²) in [5, 5.41) is 0. The Bertz CT molecular complexity index is 347. The standard InChI is InChI=1S/C11H14O3/c1-4-13-11(12)7-8(2)10-6-5-9(3)14-10/h5-7H,4H2,1-3H3. The summed E-state index contributed by atoms with van der Waals surface area (Å²) < 4.78 is 10.1. The van der Waals surface area contributed by atoms with E-state index in [2.05, 4.69) is 0 Å². The number of carbonyl (C=O) groups is 1. The molecule has 76 valence electrons. The molecule has 3 nitrogen and oxygen atoms in total. The molecule has 1 heterocycles. The summed E-state index contributed by atoms with van der Waals surface area (Å²) in [6, 6.07) is 3.69. The lowest BCUT2D eigenvalue weighted by Crippen LogP contribution is -1.99. The van der Waals surface area contributed by atoms with Crippen LogP contribution in [0.5, 0.6) is 0 Å². The van der Waals surface area contributed by atoms with Crippen LogP contribution in [-0.4, -0.2) is 12.6 Å². The van der Waals surface area contributed by atoms with E-state index in [1.54, 1.807) is 6.92 Å². The molecule has 0 aliphatic rings. The fourth-order valence-electron chi connectivity index (χ4n) is 1.08. The zero-order valence-corrected chi connectivity index (χ0v) is 8.66. The lowest BCUT2D eigenvalue weighted by atomic mass is 10.2. The van der Waals surface area contributed by atoms with Crippen molar-refractivity contribution in [2.24, 2.45) is 0 Å². The second-order valence-electron chi connectivity index (χ2n) is 2.99. The van der Waals surface area contributed by atoms with Crippen molar-refractivity contribution in [3.05, 3.63) is 29.7 Å². The minimum Gasteiger partial charge on any atom is -0.463 e. The second kappa shape index (κ2) is 4.65. The molecule has 1 rings (SSSR count). The van der Waals surface area contributed by atoms with E-state index >= 15 is 0 Å². The number of rotatable bonds is 3. The van der Waals surface area contributed by atoms with Gasteiger partial charge >= 0.3 is 5.97 Å². The third-order valence-electron chi connectivity index (χ3n) is 1.75. The molecule has 0 spiro atoms. The molecule has 3 heteroatoms. The van der Waals surface area contributed by atoms with E-state index in [0.29, 0.717) is 12.4 Å². The fourth-order valence-corrected chi connectivity index (χ4v) is 1.08. The van der Waals surface area contributed by atoms with Crippen molar-refractivity contribution in [3.63, 3.8) is 0 Å². The summed E-state index contributed by atoms with van der Waals surface area (Å²) in [4.78, 5) is 11.1. The maximum atomic E-state index is 11.1. The van der Waals surface area contributed by atoms with Crippen molar-refractivity contribution in [1.29, 1.82) is 0 Å². The van der Waals surface area contributed by atoms with Crippen LogP contribution in [0.3, 0.4) is 0 Å². The van der Waals surface area contributed by atoms with E-state index in [1.807, 2.05) is 26.0 Å². The minimum absolute atomic E-state index is 0.334. The van der Waals surface area contributed by atoms with Gasteiger partial charge in [-0.3, -0.25) is 0 Å². The quantitative estimate of drug-likeness (QED) is 0.548. The van der Waals surface area contributed by atoms with Gasteiger partial charge in [-0.05, 0) is 38.5 Å². The number of ether oxygens (including phenoxy) is 1. The van der Waals surface area contributed by atoms with Crippen LogP contribution in [0, 0.1) is 6.92 Å². The molecule has 0 amide bonds. The van der Waals surface area contributed by atoms with E-state index in [9.17, 15) is 4.79 Å². The molecule has 1 aromatic heterocycles. The van der Waals surface area contributed by atoms with Gasteiger partial charge < -0.3 is 9.15 Å². The number of esters is 1. The van der Waals surface area contributed by atoms with Gasteiger partial charge in [-0.2, -0.15) is 0 Å². The van der Waals surface area contributed by atoms with Gasteiger partial charge in [-0.15, -0.1) is 0 Å². The average Bonchev–Trinajstić information content (AvgIpc) is 2.52. The highest BCUT2D eigenvalue weighted by atomic mass is 16.5. The zero-order valence-electron chi connectivity index (χ0n) is 8.66. The Kier molecular flexibility index (Phi) is 3.51. The Labute approximate surface area is 83.4 Å². The molecule has 0 bridgehead atoms. The highest BCUT2D eigenvalue weighted by Gasteiger charge is 2.03. The number of carbonyl (C=O) groups excluding carboxylic acids is 1. The van der Waals surface area contributed by atoms with E-state index in [0.717, 1.165) is 11.3 Å². The highest BCUT2D eigenvalue weighted by Crippen LogP contribution is 2.16. The van der Waals surface area contributed by atoms with Gasteiger partial charge in [-0.1, -0.05) is 0 Å². The first-order valence-corrected chi connectivity index (χ1v) is 4.55. The number of furan rings is 1. The molecule has 0 aliphatic heterocycles. The molecule has 0 unspecified atom stereocenters. The number of aryl methyl sites for hydroxylation is 1. The van der Waals surface area contributed by atoms with E-state index in [4.69, 9.17) is 9.15 Å².